The lowest BCUT2D eigenvalue weighted by Crippen LogP contribution is -2.54. The molecule has 2 aliphatic rings. The summed E-state index contributed by atoms with van der Waals surface area (Å²) in [6, 6.07) is 14.8. The van der Waals surface area contributed by atoms with E-state index >= 15 is 0 Å². The van der Waals surface area contributed by atoms with E-state index in [0.29, 0.717) is 50.3 Å². The summed E-state index contributed by atoms with van der Waals surface area (Å²) in [4.78, 5) is 40.1. The first-order valence-corrected chi connectivity index (χ1v) is 10.5. The Morgan fingerprint density at radius 3 is 2.26 bits per heavy atom. The van der Waals surface area contributed by atoms with Gasteiger partial charge in [-0.2, -0.15) is 0 Å². The molecular formula is C24H27N3O4. The summed E-state index contributed by atoms with van der Waals surface area (Å²) in [5.74, 6) is 0.633. The minimum absolute atomic E-state index is 0.0658. The third kappa shape index (κ3) is 4.55. The molecule has 2 aliphatic heterocycles. The van der Waals surface area contributed by atoms with Gasteiger partial charge in [0.2, 0.25) is 11.8 Å². The first-order chi connectivity index (χ1) is 14.8. The number of rotatable bonds is 2. The van der Waals surface area contributed by atoms with Crippen molar-refractivity contribution in [3.05, 3.63) is 59.7 Å². The van der Waals surface area contributed by atoms with Crippen LogP contribution in [0.3, 0.4) is 0 Å². The molecule has 7 nitrogen and oxygen atoms in total. The van der Waals surface area contributed by atoms with Crippen LogP contribution in [0.2, 0.25) is 0 Å². The Morgan fingerprint density at radius 1 is 0.935 bits per heavy atom. The molecule has 0 radical (unpaired) electrons. The SMILES string of the molecule is CC(=O)Nc1ccc(C(=O)N2Cc3ccccc3OC3(CCN(C(C)=O)CC3)C2)cc1. The lowest BCUT2D eigenvalue weighted by Gasteiger charge is -2.42. The van der Waals surface area contributed by atoms with Crippen LogP contribution in [0.25, 0.3) is 0 Å². The van der Waals surface area contributed by atoms with Crippen molar-refractivity contribution in [1.82, 2.24) is 9.80 Å². The first-order valence-electron chi connectivity index (χ1n) is 10.5. The Balaban J connectivity index is 1.60. The van der Waals surface area contributed by atoms with Crippen LogP contribution in [-0.4, -0.2) is 52.8 Å². The average molecular weight is 421 g/mol. The van der Waals surface area contributed by atoms with Crippen molar-refractivity contribution in [2.24, 2.45) is 0 Å². The second-order valence-electron chi connectivity index (χ2n) is 8.32. The van der Waals surface area contributed by atoms with Crippen molar-refractivity contribution < 1.29 is 19.1 Å². The first kappa shape index (κ1) is 20.9. The molecule has 1 spiro atoms. The number of piperidine rings is 1. The van der Waals surface area contributed by atoms with Gasteiger partial charge in [0.1, 0.15) is 11.4 Å². The maximum absolute atomic E-state index is 13.4. The third-order valence-electron chi connectivity index (χ3n) is 6.00. The number of nitrogens with zero attached hydrogens (tertiary/aromatic N) is 2. The van der Waals surface area contributed by atoms with E-state index in [1.807, 2.05) is 34.1 Å². The number of ether oxygens (including phenoxy) is 1. The van der Waals surface area contributed by atoms with Crippen molar-refractivity contribution in [2.45, 2.75) is 38.8 Å². The topological polar surface area (TPSA) is 79.0 Å². The smallest absolute Gasteiger partial charge is 0.254 e. The molecule has 1 N–H and O–H groups in total. The Morgan fingerprint density at radius 2 is 1.61 bits per heavy atom. The number of para-hydroxylation sites is 1. The van der Waals surface area contributed by atoms with E-state index in [0.717, 1.165) is 11.3 Å². The van der Waals surface area contributed by atoms with Crippen LogP contribution in [0.4, 0.5) is 5.69 Å². The number of carbonyl (C=O) groups is 3. The summed E-state index contributed by atoms with van der Waals surface area (Å²) in [5, 5.41) is 2.72. The number of amides is 3. The zero-order chi connectivity index (χ0) is 22.0. The van der Waals surface area contributed by atoms with Gasteiger partial charge in [-0.3, -0.25) is 14.4 Å². The van der Waals surface area contributed by atoms with E-state index in [2.05, 4.69) is 5.32 Å². The maximum Gasteiger partial charge on any atom is 0.254 e. The van der Waals surface area contributed by atoms with E-state index < -0.39 is 5.60 Å². The van der Waals surface area contributed by atoms with E-state index in [9.17, 15) is 14.4 Å². The van der Waals surface area contributed by atoms with Gasteiger partial charge in [0.05, 0.1) is 6.54 Å². The molecule has 3 amide bonds. The summed E-state index contributed by atoms with van der Waals surface area (Å²) in [6.07, 6.45) is 1.35. The molecule has 0 unspecified atom stereocenters. The molecule has 2 aromatic carbocycles. The van der Waals surface area contributed by atoms with Crippen LogP contribution >= 0.6 is 0 Å². The van der Waals surface area contributed by atoms with Crippen LogP contribution in [0.1, 0.15) is 42.6 Å². The monoisotopic (exact) mass is 421 g/mol. The molecular weight excluding hydrogens is 394 g/mol. The third-order valence-corrected chi connectivity index (χ3v) is 6.00. The highest BCUT2D eigenvalue weighted by Gasteiger charge is 2.42. The van der Waals surface area contributed by atoms with Gasteiger partial charge in [-0.15, -0.1) is 0 Å². The van der Waals surface area contributed by atoms with Crippen LogP contribution in [0.5, 0.6) is 5.75 Å². The molecule has 0 aliphatic carbocycles. The number of anilines is 1. The number of benzene rings is 2. The van der Waals surface area contributed by atoms with Crippen LogP contribution in [-0.2, 0) is 16.1 Å². The Kier molecular flexibility index (Phi) is 5.67. The van der Waals surface area contributed by atoms with E-state index in [1.54, 1.807) is 31.2 Å². The van der Waals surface area contributed by atoms with Crippen molar-refractivity contribution in [3.63, 3.8) is 0 Å². The van der Waals surface area contributed by atoms with Gasteiger partial charge in [0, 0.05) is 63.1 Å². The van der Waals surface area contributed by atoms with Crippen LogP contribution in [0.15, 0.2) is 48.5 Å². The van der Waals surface area contributed by atoms with Gasteiger partial charge in [0.25, 0.3) is 5.91 Å². The van der Waals surface area contributed by atoms with E-state index in [-0.39, 0.29) is 17.7 Å². The highest BCUT2D eigenvalue weighted by molar-refractivity contribution is 5.95. The largest absolute Gasteiger partial charge is 0.485 e. The van der Waals surface area contributed by atoms with Gasteiger partial charge in [-0.1, -0.05) is 18.2 Å². The lowest BCUT2D eigenvalue weighted by molar-refractivity contribution is -0.132. The van der Waals surface area contributed by atoms with Crippen LogP contribution in [0, 0.1) is 0 Å². The number of nitrogens with one attached hydrogen (secondary N) is 1. The molecule has 31 heavy (non-hydrogen) atoms. The quantitative estimate of drug-likeness (QED) is 0.808. The maximum atomic E-state index is 13.4. The molecule has 2 heterocycles. The fourth-order valence-electron chi connectivity index (χ4n) is 4.32. The summed E-state index contributed by atoms with van der Waals surface area (Å²) >= 11 is 0. The number of likely N-dealkylation sites (tertiary alicyclic amines) is 1. The summed E-state index contributed by atoms with van der Waals surface area (Å²) in [5.41, 5.74) is 1.66. The molecule has 1 saturated heterocycles. The van der Waals surface area contributed by atoms with Gasteiger partial charge in [-0.05, 0) is 30.3 Å². The fourth-order valence-corrected chi connectivity index (χ4v) is 4.32. The van der Waals surface area contributed by atoms with Gasteiger partial charge >= 0.3 is 0 Å². The molecule has 0 aromatic heterocycles. The number of hydrogen-bond acceptors (Lipinski definition) is 4. The highest BCUT2D eigenvalue weighted by Crippen LogP contribution is 2.36. The number of hydrogen-bond donors (Lipinski definition) is 1. The predicted octanol–water partition coefficient (Wildman–Crippen LogP) is 3.06. The molecule has 2 aromatic rings. The number of fused-ring (bicyclic) bond motifs is 1. The normalized spacial score (nSPS) is 17.4. The molecule has 0 saturated carbocycles. The van der Waals surface area contributed by atoms with Gasteiger partial charge < -0.3 is 19.9 Å². The molecule has 0 bridgehead atoms. The Labute approximate surface area is 182 Å². The number of carbonyl (C=O) groups excluding carboxylic acids is 3. The minimum Gasteiger partial charge on any atom is -0.485 e. The lowest BCUT2D eigenvalue weighted by atomic mass is 9.90. The summed E-state index contributed by atoms with van der Waals surface area (Å²) < 4.78 is 6.51. The molecule has 1 fully saturated rings. The summed E-state index contributed by atoms with van der Waals surface area (Å²) in [7, 11) is 0. The predicted molar refractivity (Wildman–Crippen MR) is 117 cm³/mol. The fraction of sp³-hybridized carbons (Fsp3) is 0.375. The zero-order valence-corrected chi connectivity index (χ0v) is 17.9. The Bertz CT molecular complexity index is 994. The van der Waals surface area contributed by atoms with E-state index in [1.165, 1.54) is 6.92 Å². The Hall–Kier alpha value is -3.35. The van der Waals surface area contributed by atoms with Crippen molar-refractivity contribution >= 4 is 23.4 Å². The van der Waals surface area contributed by atoms with Crippen molar-refractivity contribution in [3.8, 4) is 5.75 Å². The molecule has 7 heteroatoms. The second kappa shape index (κ2) is 8.41. The minimum atomic E-state index is -0.523. The van der Waals surface area contributed by atoms with Crippen molar-refractivity contribution in [2.75, 3.05) is 25.0 Å². The molecule has 0 atom stereocenters. The van der Waals surface area contributed by atoms with Gasteiger partial charge in [0.15, 0.2) is 0 Å². The molecule has 4 rings (SSSR count). The van der Waals surface area contributed by atoms with Crippen molar-refractivity contribution in [1.29, 1.82) is 0 Å². The zero-order valence-electron chi connectivity index (χ0n) is 17.9. The highest BCUT2D eigenvalue weighted by atomic mass is 16.5. The van der Waals surface area contributed by atoms with Gasteiger partial charge in [-0.25, -0.2) is 0 Å². The summed E-state index contributed by atoms with van der Waals surface area (Å²) in [6.45, 7) is 5.18. The standard InChI is InChI=1S/C24H27N3O4/c1-17(28)25-21-9-7-19(8-10-21)23(30)27-15-20-5-3-4-6-22(20)31-24(16-27)11-13-26(14-12-24)18(2)29/h3-10H,11-16H2,1-2H3,(H,25,28). The van der Waals surface area contributed by atoms with Crippen LogP contribution < -0.4 is 10.1 Å². The molecule has 162 valence electrons. The second-order valence-corrected chi connectivity index (χ2v) is 8.32. The average Bonchev–Trinajstić information content (AvgIpc) is 2.90. The van der Waals surface area contributed by atoms with E-state index in [4.69, 9.17) is 4.74 Å².